The molecule has 0 aliphatic carbocycles. The zero-order valence-electron chi connectivity index (χ0n) is 12.7. The van der Waals surface area contributed by atoms with E-state index < -0.39 is 0 Å². The summed E-state index contributed by atoms with van der Waals surface area (Å²) in [6.45, 7) is 8.36. The summed E-state index contributed by atoms with van der Waals surface area (Å²) in [6, 6.07) is 8.46. The maximum absolute atomic E-state index is 12.6. The van der Waals surface area contributed by atoms with Crippen LogP contribution in [0, 0.1) is 27.7 Å². The molecule has 2 aromatic carbocycles. The van der Waals surface area contributed by atoms with Crippen LogP contribution in [0.15, 0.2) is 29.1 Å². The predicted molar refractivity (Wildman–Crippen MR) is 85.6 cm³/mol. The second-order valence-electron chi connectivity index (χ2n) is 5.80. The van der Waals surface area contributed by atoms with Crippen molar-refractivity contribution >= 4 is 21.7 Å². The summed E-state index contributed by atoms with van der Waals surface area (Å²) < 4.78 is 1.76. The molecule has 102 valence electrons. The molecule has 0 amide bonds. The highest BCUT2D eigenvalue weighted by atomic mass is 16.1. The smallest absolute Gasteiger partial charge is 0.258 e. The first-order chi connectivity index (χ1) is 9.40. The monoisotopic (exact) mass is 265 g/mol. The molecule has 2 nitrogen and oxygen atoms in total. The van der Waals surface area contributed by atoms with Gasteiger partial charge in [0.15, 0.2) is 0 Å². The molecule has 0 saturated carbocycles. The molecule has 0 atom stereocenters. The van der Waals surface area contributed by atoms with Crippen molar-refractivity contribution in [2.24, 2.45) is 7.05 Å². The minimum Gasteiger partial charge on any atom is -0.311 e. The van der Waals surface area contributed by atoms with Crippen molar-refractivity contribution in [1.29, 1.82) is 0 Å². The lowest BCUT2D eigenvalue weighted by Gasteiger charge is -2.13. The summed E-state index contributed by atoms with van der Waals surface area (Å²) in [5, 5.41) is 3.04. The molecule has 0 N–H and O–H groups in total. The van der Waals surface area contributed by atoms with Crippen molar-refractivity contribution in [2.45, 2.75) is 27.7 Å². The van der Waals surface area contributed by atoms with Crippen LogP contribution in [0.2, 0.25) is 0 Å². The largest absolute Gasteiger partial charge is 0.311 e. The third-order valence-electron chi connectivity index (χ3n) is 4.43. The van der Waals surface area contributed by atoms with Gasteiger partial charge in [-0.25, -0.2) is 0 Å². The van der Waals surface area contributed by atoms with Crippen LogP contribution in [0.25, 0.3) is 21.7 Å². The van der Waals surface area contributed by atoms with Crippen molar-refractivity contribution in [3.8, 4) is 0 Å². The van der Waals surface area contributed by atoms with Crippen LogP contribution in [0.4, 0.5) is 0 Å². The lowest BCUT2D eigenvalue weighted by atomic mass is 9.98. The van der Waals surface area contributed by atoms with Crippen molar-refractivity contribution in [3.05, 3.63) is 56.9 Å². The number of hydrogen-bond acceptors (Lipinski definition) is 1. The van der Waals surface area contributed by atoms with Gasteiger partial charge in [-0.15, -0.1) is 0 Å². The Kier molecular flexibility index (Phi) is 2.72. The Labute approximate surface area is 118 Å². The third kappa shape index (κ3) is 1.68. The summed E-state index contributed by atoms with van der Waals surface area (Å²) in [5.41, 5.74) is 5.96. The van der Waals surface area contributed by atoms with Crippen LogP contribution in [0.1, 0.15) is 22.3 Å². The van der Waals surface area contributed by atoms with E-state index >= 15 is 0 Å². The maximum atomic E-state index is 12.6. The van der Waals surface area contributed by atoms with Crippen molar-refractivity contribution in [1.82, 2.24) is 4.57 Å². The molecular formula is C18H19NO. The van der Waals surface area contributed by atoms with Crippen LogP contribution in [0.3, 0.4) is 0 Å². The molecular weight excluding hydrogens is 246 g/mol. The molecule has 1 aromatic heterocycles. The Balaban J connectivity index is 2.68. The van der Waals surface area contributed by atoms with E-state index in [1.54, 1.807) is 4.57 Å². The highest BCUT2D eigenvalue weighted by Crippen LogP contribution is 2.27. The molecule has 0 unspecified atom stereocenters. The number of hydrogen-bond donors (Lipinski definition) is 0. The molecule has 2 heteroatoms. The Morgan fingerprint density at radius 1 is 0.700 bits per heavy atom. The Morgan fingerprint density at radius 2 is 1.15 bits per heavy atom. The van der Waals surface area contributed by atoms with Gasteiger partial charge in [0.1, 0.15) is 0 Å². The van der Waals surface area contributed by atoms with Crippen LogP contribution in [0.5, 0.6) is 0 Å². The van der Waals surface area contributed by atoms with Crippen molar-refractivity contribution in [3.63, 3.8) is 0 Å². The molecule has 0 spiro atoms. The van der Waals surface area contributed by atoms with Gasteiger partial charge in [0.25, 0.3) is 5.56 Å². The van der Waals surface area contributed by atoms with E-state index in [1.807, 2.05) is 13.1 Å². The van der Waals surface area contributed by atoms with Crippen LogP contribution < -0.4 is 5.56 Å². The van der Waals surface area contributed by atoms with Gasteiger partial charge in [0.2, 0.25) is 0 Å². The van der Waals surface area contributed by atoms with E-state index in [0.717, 1.165) is 27.2 Å². The van der Waals surface area contributed by atoms with Gasteiger partial charge in [-0.2, -0.15) is 0 Å². The number of aromatic nitrogens is 1. The second-order valence-corrected chi connectivity index (χ2v) is 5.80. The molecule has 0 radical (unpaired) electrons. The highest BCUT2D eigenvalue weighted by Gasteiger charge is 2.11. The van der Waals surface area contributed by atoms with Gasteiger partial charge in [-0.3, -0.25) is 4.79 Å². The molecule has 1 heterocycles. The summed E-state index contributed by atoms with van der Waals surface area (Å²) in [4.78, 5) is 12.6. The molecule has 0 aliphatic rings. The Hall–Kier alpha value is -2.09. The lowest BCUT2D eigenvalue weighted by molar-refractivity contribution is 0.917. The number of benzene rings is 2. The number of aryl methyl sites for hydroxylation is 5. The number of fused-ring (bicyclic) bond motifs is 3. The van der Waals surface area contributed by atoms with Crippen LogP contribution in [-0.2, 0) is 7.05 Å². The van der Waals surface area contributed by atoms with E-state index in [2.05, 4.69) is 45.9 Å². The molecule has 0 bridgehead atoms. The number of nitrogens with zero attached hydrogens (tertiary/aromatic N) is 1. The van der Waals surface area contributed by atoms with Crippen LogP contribution >= 0.6 is 0 Å². The zero-order chi connectivity index (χ0) is 14.6. The predicted octanol–water partition coefficient (Wildman–Crippen LogP) is 3.93. The van der Waals surface area contributed by atoms with Gasteiger partial charge < -0.3 is 4.57 Å². The third-order valence-corrected chi connectivity index (χ3v) is 4.43. The van der Waals surface area contributed by atoms with E-state index in [-0.39, 0.29) is 5.56 Å². The molecule has 3 aromatic rings. The average Bonchev–Trinajstić information content (AvgIpc) is 2.41. The minimum atomic E-state index is 0.0823. The number of rotatable bonds is 0. The normalized spacial score (nSPS) is 11.4. The zero-order valence-corrected chi connectivity index (χ0v) is 12.7. The van der Waals surface area contributed by atoms with E-state index in [0.29, 0.717) is 0 Å². The molecule has 0 fully saturated rings. The summed E-state index contributed by atoms with van der Waals surface area (Å²) in [7, 11) is 1.86. The fourth-order valence-corrected chi connectivity index (χ4v) is 2.80. The van der Waals surface area contributed by atoms with Gasteiger partial charge in [-0.1, -0.05) is 6.07 Å². The van der Waals surface area contributed by atoms with E-state index in [9.17, 15) is 4.79 Å². The van der Waals surface area contributed by atoms with Gasteiger partial charge in [0.05, 0.1) is 5.52 Å². The fraction of sp³-hybridized carbons (Fsp3) is 0.278. The first-order valence-electron chi connectivity index (χ1n) is 6.91. The Bertz CT molecular complexity index is 916. The van der Waals surface area contributed by atoms with Crippen molar-refractivity contribution in [2.75, 3.05) is 0 Å². The number of pyridine rings is 1. The summed E-state index contributed by atoms with van der Waals surface area (Å²) in [5.74, 6) is 0. The van der Waals surface area contributed by atoms with Gasteiger partial charge in [-0.05, 0) is 73.5 Å². The van der Waals surface area contributed by atoms with Crippen LogP contribution in [-0.4, -0.2) is 4.57 Å². The van der Waals surface area contributed by atoms with E-state index in [4.69, 9.17) is 0 Å². The molecule has 0 aliphatic heterocycles. The topological polar surface area (TPSA) is 22.0 Å². The SMILES string of the molecule is Cc1cc2c(=O)n(C)c3cc(C)c(C)cc3c2cc1C. The minimum absolute atomic E-state index is 0.0823. The summed E-state index contributed by atoms with van der Waals surface area (Å²) >= 11 is 0. The average molecular weight is 265 g/mol. The maximum Gasteiger partial charge on any atom is 0.258 e. The fourth-order valence-electron chi connectivity index (χ4n) is 2.80. The quantitative estimate of drug-likeness (QED) is 0.565. The standard InChI is InChI=1S/C18H19NO/c1-10-6-14-15-7-11(2)13(4)9-17(15)19(5)18(20)16(14)8-12(10)3/h6-9H,1-5H3. The molecule has 0 saturated heterocycles. The van der Waals surface area contributed by atoms with E-state index in [1.165, 1.54) is 16.7 Å². The first kappa shape index (κ1) is 12.9. The Morgan fingerprint density at radius 3 is 1.75 bits per heavy atom. The van der Waals surface area contributed by atoms with Gasteiger partial charge >= 0.3 is 0 Å². The molecule has 20 heavy (non-hydrogen) atoms. The highest BCUT2D eigenvalue weighted by molar-refractivity contribution is 6.06. The summed E-state index contributed by atoms with van der Waals surface area (Å²) in [6.07, 6.45) is 0. The molecule has 3 rings (SSSR count). The lowest BCUT2D eigenvalue weighted by Crippen LogP contribution is -2.17. The van der Waals surface area contributed by atoms with Gasteiger partial charge in [0, 0.05) is 17.8 Å². The first-order valence-corrected chi connectivity index (χ1v) is 6.91. The van der Waals surface area contributed by atoms with Crippen molar-refractivity contribution < 1.29 is 0 Å². The second kappa shape index (κ2) is 4.20.